The summed E-state index contributed by atoms with van der Waals surface area (Å²) >= 11 is 0. The van der Waals surface area contributed by atoms with Crippen molar-refractivity contribution in [2.75, 3.05) is 30.0 Å². The Labute approximate surface area is 171 Å². The van der Waals surface area contributed by atoms with Gasteiger partial charge in [0.2, 0.25) is 5.95 Å². The average molecular weight is 411 g/mol. The molecule has 0 spiro atoms. The second kappa shape index (κ2) is 8.53. The first-order chi connectivity index (χ1) is 14.2. The van der Waals surface area contributed by atoms with Crippen molar-refractivity contribution in [3.05, 3.63) is 41.7 Å². The van der Waals surface area contributed by atoms with Crippen LogP contribution in [-0.4, -0.2) is 56.6 Å². The van der Waals surface area contributed by atoms with Gasteiger partial charge in [-0.1, -0.05) is 0 Å². The number of hydrogen-bond donors (Lipinski definition) is 5. The molecule has 0 saturated heterocycles. The topological polar surface area (TPSA) is 199 Å². The second-order valence-electron chi connectivity index (χ2n) is 6.56. The molecule has 156 valence electrons. The molecule has 12 nitrogen and oxygen atoms in total. The lowest BCUT2D eigenvalue weighted by Gasteiger charge is -2.19. The molecule has 0 radical (unpaired) electrons. The molecule has 0 aliphatic rings. The van der Waals surface area contributed by atoms with E-state index in [-0.39, 0.29) is 18.3 Å². The molecule has 30 heavy (non-hydrogen) atoms. The first kappa shape index (κ1) is 20.7. The fourth-order valence-corrected chi connectivity index (χ4v) is 2.65. The van der Waals surface area contributed by atoms with Gasteiger partial charge in [-0.3, -0.25) is 9.59 Å². The molecule has 8 N–H and O–H groups in total. The van der Waals surface area contributed by atoms with Gasteiger partial charge in [-0.25, -0.2) is 9.97 Å². The Balaban J connectivity index is 1.67. The number of carboxylic acids is 1. The van der Waals surface area contributed by atoms with Crippen LogP contribution in [0.4, 0.5) is 17.5 Å². The number of anilines is 3. The number of carbonyl (C=O) groups excluding carboxylic acids is 1. The predicted octanol–water partition coefficient (Wildman–Crippen LogP) is -0.638. The Morgan fingerprint density at radius 1 is 1.17 bits per heavy atom. The Bertz CT molecular complexity index is 1090. The quantitative estimate of drug-likeness (QED) is 0.331. The molecule has 0 bridgehead atoms. The fourth-order valence-electron chi connectivity index (χ4n) is 2.65. The Hall–Kier alpha value is -4.06. The normalized spacial score (nSPS) is 11.8. The molecule has 1 aromatic carbocycles. The zero-order valence-electron chi connectivity index (χ0n) is 16.1. The lowest BCUT2D eigenvalue weighted by molar-refractivity contribution is -0.138. The van der Waals surface area contributed by atoms with Crippen LogP contribution in [0.25, 0.3) is 11.2 Å². The summed E-state index contributed by atoms with van der Waals surface area (Å²) in [6, 6.07) is 5.64. The van der Waals surface area contributed by atoms with Crippen LogP contribution in [0.15, 0.2) is 30.5 Å². The minimum Gasteiger partial charge on any atom is -0.480 e. The van der Waals surface area contributed by atoms with E-state index in [9.17, 15) is 9.59 Å². The largest absolute Gasteiger partial charge is 0.480 e. The van der Waals surface area contributed by atoms with Gasteiger partial charge in [-0.2, -0.15) is 9.97 Å². The third kappa shape index (κ3) is 4.67. The average Bonchev–Trinajstić information content (AvgIpc) is 2.72. The summed E-state index contributed by atoms with van der Waals surface area (Å²) in [5.74, 6) is -1.39. The zero-order chi connectivity index (χ0) is 21.8. The van der Waals surface area contributed by atoms with E-state index in [0.29, 0.717) is 29.0 Å². The number of carbonyl (C=O) groups is 2. The lowest BCUT2D eigenvalue weighted by Crippen LogP contribution is -2.42. The number of benzene rings is 1. The third-order valence-corrected chi connectivity index (χ3v) is 4.27. The maximum absolute atomic E-state index is 12.1. The van der Waals surface area contributed by atoms with Gasteiger partial charge in [-0.05, 0) is 24.3 Å². The highest BCUT2D eigenvalue weighted by molar-refractivity contribution is 5.94. The van der Waals surface area contributed by atoms with Crippen molar-refractivity contribution >= 4 is 40.5 Å². The number of nitrogens with one attached hydrogen (secondary N) is 1. The zero-order valence-corrected chi connectivity index (χ0v) is 16.1. The summed E-state index contributed by atoms with van der Waals surface area (Å²) in [4.78, 5) is 41.3. The molecule has 12 heteroatoms. The monoisotopic (exact) mass is 411 g/mol. The van der Waals surface area contributed by atoms with Gasteiger partial charge in [0.25, 0.3) is 5.91 Å². The molecule has 1 atom stereocenters. The molecule has 0 aliphatic heterocycles. The number of nitrogen functional groups attached to an aromatic ring is 2. The molecule has 3 aromatic rings. The van der Waals surface area contributed by atoms with Gasteiger partial charge in [0, 0.05) is 24.8 Å². The Morgan fingerprint density at radius 3 is 2.53 bits per heavy atom. The number of carboxylic acid groups (broad SMARTS) is 1. The SMILES string of the molecule is CN(Cc1cnc2nc(N)nc(N)c2n1)c1ccc(C(=O)NCC(N)C(=O)O)cc1. The maximum atomic E-state index is 12.1. The molecule has 2 aromatic heterocycles. The number of nitrogens with two attached hydrogens (primary N) is 3. The molecular formula is C18H21N9O3. The number of nitrogens with zero attached hydrogens (tertiary/aromatic N) is 5. The molecule has 1 amide bonds. The van der Waals surface area contributed by atoms with Crippen LogP contribution in [0, 0.1) is 0 Å². The first-order valence-corrected chi connectivity index (χ1v) is 8.87. The van der Waals surface area contributed by atoms with Crippen LogP contribution in [0.2, 0.25) is 0 Å². The van der Waals surface area contributed by atoms with Crippen molar-refractivity contribution in [3.8, 4) is 0 Å². The van der Waals surface area contributed by atoms with E-state index < -0.39 is 17.9 Å². The highest BCUT2D eigenvalue weighted by Crippen LogP contribution is 2.18. The van der Waals surface area contributed by atoms with Crippen LogP contribution in [0.5, 0.6) is 0 Å². The number of hydrogen-bond acceptors (Lipinski definition) is 10. The van der Waals surface area contributed by atoms with Crippen molar-refractivity contribution in [1.29, 1.82) is 0 Å². The van der Waals surface area contributed by atoms with Gasteiger partial charge < -0.3 is 32.5 Å². The number of rotatable bonds is 7. The molecule has 0 fully saturated rings. The van der Waals surface area contributed by atoms with Crippen molar-refractivity contribution in [2.45, 2.75) is 12.6 Å². The maximum Gasteiger partial charge on any atom is 0.322 e. The highest BCUT2D eigenvalue weighted by atomic mass is 16.4. The van der Waals surface area contributed by atoms with E-state index in [1.807, 2.05) is 11.9 Å². The Morgan fingerprint density at radius 2 is 1.87 bits per heavy atom. The number of aliphatic carboxylic acids is 1. The summed E-state index contributed by atoms with van der Waals surface area (Å²) in [5, 5.41) is 11.2. The number of fused-ring (bicyclic) bond motifs is 1. The Kier molecular flexibility index (Phi) is 5.88. The molecule has 0 saturated carbocycles. The van der Waals surface area contributed by atoms with Gasteiger partial charge in [0.05, 0.1) is 18.4 Å². The molecule has 2 heterocycles. The first-order valence-electron chi connectivity index (χ1n) is 8.87. The van der Waals surface area contributed by atoms with E-state index in [4.69, 9.17) is 22.3 Å². The minimum atomic E-state index is -1.18. The van der Waals surface area contributed by atoms with Crippen LogP contribution < -0.4 is 27.4 Å². The molecule has 1 unspecified atom stereocenters. The van der Waals surface area contributed by atoms with E-state index in [0.717, 1.165) is 5.69 Å². The van der Waals surface area contributed by atoms with Crippen LogP contribution in [-0.2, 0) is 11.3 Å². The van der Waals surface area contributed by atoms with E-state index >= 15 is 0 Å². The van der Waals surface area contributed by atoms with Gasteiger partial charge >= 0.3 is 5.97 Å². The number of amides is 1. The summed E-state index contributed by atoms with van der Waals surface area (Å²) in [6.07, 6.45) is 1.58. The van der Waals surface area contributed by atoms with Crippen molar-refractivity contribution in [3.63, 3.8) is 0 Å². The smallest absolute Gasteiger partial charge is 0.322 e. The number of aromatic nitrogens is 4. The molecule has 0 aliphatic carbocycles. The van der Waals surface area contributed by atoms with Gasteiger partial charge in [-0.15, -0.1) is 0 Å². The van der Waals surface area contributed by atoms with Crippen LogP contribution in [0.3, 0.4) is 0 Å². The fraction of sp³-hybridized carbons (Fsp3) is 0.222. The minimum absolute atomic E-state index is 0.0354. The molecular weight excluding hydrogens is 390 g/mol. The molecule has 3 rings (SSSR count). The van der Waals surface area contributed by atoms with Gasteiger partial charge in [0.1, 0.15) is 6.04 Å². The van der Waals surface area contributed by atoms with Crippen molar-refractivity contribution < 1.29 is 14.7 Å². The summed E-state index contributed by atoms with van der Waals surface area (Å²) in [5.41, 5.74) is 19.4. The third-order valence-electron chi connectivity index (χ3n) is 4.27. The standard InChI is InChI=1S/C18H21N9O3/c1-27(8-10-6-22-15-13(24-10)14(20)25-18(21)26-15)11-4-2-9(3-5-11)16(28)23-7-12(19)17(29)30/h2-6,12H,7-8,19H2,1H3,(H,23,28)(H,29,30)(H4,20,21,22,25,26). The summed E-state index contributed by atoms with van der Waals surface area (Å²) in [7, 11) is 1.86. The summed E-state index contributed by atoms with van der Waals surface area (Å²) in [6.45, 7) is 0.265. The second-order valence-corrected chi connectivity index (χ2v) is 6.56. The van der Waals surface area contributed by atoms with Crippen molar-refractivity contribution in [2.24, 2.45) is 5.73 Å². The summed E-state index contributed by atoms with van der Waals surface area (Å²) < 4.78 is 0. The highest BCUT2D eigenvalue weighted by Gasteiger charge is 2.14. The van der Waals surface area contributed by atoms with E-state index in [1.165, 1.54) is 0 Å². The lowest BCUT2D eigenvalue weighted by atomic mass is 10.1. The van der Waals surface area contributed by atoms with E-state index in [1.54, 1.807) is 30.5 Å². The van der Waals surface area contributed by atoms with Crippen LogP contribution in [0.1, 0.15) is 16.1 Å². The van der Waals surface area contributed by atoms with Gasteiger partial charge in [0.15, 0.2) is 17.0 Å². The predicted molar refractivity (Wildman–Crippen MR) is 110 cm³/mol. The van der Waals surface area contributed by atoms with E-state index in [2.05, 4.69) is 25.3 Å². The van der Waals surface area contributed by atoms with Crippen molar-refractivity contribution in [1.82, 2.24) is 25.3 Å². The van der Waals surface area contributed by atoms with Crippen LogP contribution >= 0.6 is 0 Å².